The highest BCUT2D eigenvalue weighted by Gasteiger charge is 2.20. The van der Waals surface area contributed by atoms with Crippen LogP contribution in [-0.2, 0) is 14.8 Å². The molecule has 28 heavy (non-hydrogen) atoms. The second kappa shape index (κ2) is 8.94. The predicted octanol–water partition coefficient (Wildman–Crippen LogP) is 2.22. The number of nitrogens with zero attached hydrogens (tertiary/aromatic N) is 1. The molecule has 0 aromatic heterocycles. The number of rotatable bonds is 7. The van der Waals surface area contributed by atoms with Gasteiger partial charge in [-0.05, 0) is 56.3 Å². The molecular weight excluding hydrogens is 385 g/mol. The molecule has 0 heterocycles. The molecule has 2 amide bonds. The second-order valence-corrected chi connectivity index (χ2v) is 8.23. The number of amides is 2. The number of sulfonamides is 1. The van der Waals surface area contributed by atoms with Crippen molar-refractivity contribution in [3.05, 3.63) is 59.9 Å². The van der Waals surface area contributed by atoms with Gasteiger partial charge in [0.2, 0.25) is 15.9 Å². The number of carbonyl (C=O) groups is 2. The lowest BCUT2D eigenvalue weighted by molar-refractivity contribution is -0.116. The largest absolute Gasteiger partial charge is 0.332 e. The Morgan fingerprint density at radius 2 is 1.75 bits per heavy atom. The minimum absolute atomic E-state index is 0.0313. The van der Waals surface area contributed by atoms with Crippen molar-refractivity contribution in [3.63, 3.8) is 0 Å². The smallest absolute Gasteiger partial charge is 0.254 e. The van der Waals surface area contributed by atoms with Gasteiger partial charge < -0.3 is 10.2 Å². The summed E-state index contributed by atoms with van der Waals surface area (Å²) in [6, 6.07) is 10.5. The van der Waals surface area contributed by atoms with E-state index in [-0.39, 0.29) is 23.0 Å². The first-order valence-electron chi connectivity index (χ1n) is 8.52. The fraction of sp³-hybridized carbons (Fsp3) is 0.263. The molecule has 0 saturated carbocycles. The summed E-state index contributed by atoms with van der Waals surface area (Å²) in [5.74, 6) is -1.39. The van der Waals surface area contributed by atoms with Crippen molar-refractivity contribution < 1.29 is 22.4 Å². The summed E-state index contributed by atoms with van der Waals surface area (Å²) in [7, 11) is -2.31. The molecule has 0 fully saturated rings. The zero-order valence-corrected chi connectivity index (χ0v) is 16.6. The Morgan fingerprint density at radius 1 is 1.11 bits per heavy atom. The van der Waals surface area contributed by atoms with Crippen molar-refractivity contribution >= 4 is 27.5 Å². The van der Waals surface area contributed by atoms with E-state index < -0.39 is 27.7 Å². The Balaban J connectivity index is 2.07. The van der Waals surface area contributed by atoms with Crippen molar-refractivity contribution in [2.45, 2.75) is 24.8 Å². The molecule has 150 valence electrons. The summed E-state index contributed by atoms with van der Waals surface area (Å²) >= 11 is 0. The van der Waals surface area contributed by atoms with Crippen LogP contribution >= 0.6 is 0 Å². The van der Waals surface area contributed by atoms with Crippen LogP contribution in [0.3, 0.4) is 0 Å². The molecule has 0 radical (unpaired) electrons. The minimum Gasteiger partial charge on any atom is -0.332 e. The number of hydrogen-bond donors (Lipinski definition) is 2. The van der Waals surface area contributed by atoms with Crippen molar-refractivity contribution in [2.75, 3.05) is 18.9 Å². The van der Waals surface area contributed by atoms with E-state index in [9.17, 15) is 22.4 Å². The highest BCUT2D eigenvalue weighted by molar-refractivity contribution is 7.89. The number of halogens is 1. The van der Waals surface area contributed by atoms with Crippen LogP contribution in [0.1, 0.15) is 24.2 Å². The molecule has 0 aliphatic heterocycles. The molecule has 0 aliphatic carbocycles. The molecule has 0 unspecified atom stereocenters. The Hall–Kier alpha value is -2.78. The van der Waals surface area contributed by atoms with Gasteiger partial charge in [-0.2, -0.15) is 0 Å². The molecule has 2 N–H and O–H groups in total. The monoisotopic (exact) mass is 407 g/mol. The molecule has 2 aromatic carbocycles. The van der Waals surface area contributed by atoms with Gasteiger partial charge in [-0.3, -0.25) is 9.59 Å². The number of carbonyl (C=O) groups excluding carboxylic acids is 2. The van der Waals surface area contributed by atoms with E-state index in [4.69, 9.17) is 0 Å². The predicted molar refractivity (Wildman–Crippen MR) is 104 cm³/mol. The number of likely N-dealkylation sites (N-methyl/N-ethyl adjacent to an activating group) is 1. The molecular formula is C19H22FN3O4S. The first-order valence-corrected chi connectivity index (χ1v) is 10.00. The molecule has 7 nitrogen and oxygen atoms in total. The van der Waals surface area contributed by atoms with Gasteiger partial charge in [0, 0.05) is 24.3 Å². The zero-order valence-electron chi connectivity index (χ0n) is 15.8. The van der Waals surface area contributed by atoms with Crippen LogP contribution in [0.4, 0.5) is 10.1 Å². The highest BCUT2D eigenvalue weighted by Crippen LogP contribution is 2.14. The summed E-state index contributed by atoms with van der Waals surface area (Å²) in [6.45, 7) is 3.14. The van der Waals surface area contributed by atoms with Crippen LogP contribution in [0.5, 0.6) is 0 Å². The summed E-state index contributed by atoms with van der Waals surface area (Å²) in [6.07, 6.45) is 0. The van der Waals surface area contributed by atoms with Gasteiger partial charge >= 0.3 is 0 Å². The van der Waals surface area contributed by atoms with E-state index in [1.807, 2.05) is 0 Å². The van der Waals surface area contributed by atoms with E-state index in [1.165, 1.54) is 60.5 Å². The molecule has 0 atom stereocenters. The Labute approximate surface area is 163 Å². The third-order valence-corrected chi connectivity index (χ3v) is 5.29. The van der Waals surface area contributed by atoms with Crippen LogP contribution in [0.2, 0.25) is 0 Å². The van der Waals surface area contributed by atoms with Gasteiger partial charge in [-0.25, -0.2) is 17.5 Å². The first kappa shape index (κ1) is 21.5. The second-order valence-electron chi connectivity index (χ2n) is 6.52. The SMILES string of the molecule is CC(C)NS(=O)(=O)c1cccc(C(=O)N(C)CC(=O)Nc2ccc(F)cc2)c1. The van der Waals surface area contributed by atoms with Gasteiger partial charge in [0.15, 0.2) is 0 Å². The Bertz CT molecular complexity index is 959. The average Bonchev–Trinajstić information content (AvgIpc) is 2.62. The maximum absolute atomic E-state index is 12.9. The van der Waals surface area contributed by atoms with E-state index in [0.29, 0.717) is 5.69 Å². The fourth-order valence-corrected chi connectivity index (χ4v) is 3.71. The van der Waals surface area contributed by atoms with Crippen LogP contribution in [0.15, 0.2) is 53.4 Å². The van der Waals surface area contributed by atoms with Crippen molar-refractivity contribution in [1.82, 2.24) is 9.62 Å². The van der Waals surface area contributed by atoms with Crippen LogP contribution < -0.4 is 10.0 Å². The molecule has 9 heteroatoms. The van der Waals surface area contributed by atoms with E-state index in [0.717, 1.165) is 0 Å². The van der Waals surface area contributed by atoms with E-state index >= 15 is 0 Å². The Morgan fingerprint density at radius 3 is 2.36 bits per heavy atom. The lowest BCUT2D eigenvalue weighted by Gasteiger charge is -2.17. The number of benzene rings is 2. The molecule has 0 aliphatic rings. The molecule has 0 bridgehead atoms. The Kier molecular flexibility index (Phi) is 6.87. The quantitative estimate of drug-likeness (QED) is 0.736. The lowest BCUT2D eigenvalue weighted by atomic mass is 10.2. The average molecular weight is 407 g/mol. The fourth-order valence-electron chi connectivity index (χ4n) is 2.42. The summed E-state index contributed by atoms with van der Waals surface area (Å²) in [5.41, 5.74) is 0.545. The maximum atomic E-state index is 12.9. The van der Waals surface area contributed by atoms with Crippen molar-refractivity contribution in [3.8, 4) is 0 Å². The first-order chi connectivity index (χ1) is 13.1. The van der Waals surface area contributed by atoms with Gasteiger partial charge in [0.25, 0.3) is 5.91 Å². The lowest BCUT2D eigenvalue weighted by Crippen LogP contribution is -2.35. The molecule has 2 aromatic rings. The van der Waals surface area contributed by atoms with E-state index in [1.54, 1.807) is 13.8 Å². The third kappa shape index (κ3) is 5.86. The van der Waals surface area contributed by atoms with Gasteiger partial charge in [-0.1, -0.05) is 6.07 Å². The van der Waals surface area contributed by atoms with Crippen LogP contribution in [0, 0.1) is 5.82 Å². The molecule has 0 spiro atoms. The topological polar surface area (TPSA) is 95.6 Å². The van der Waals surface area contributed by atoms with Crippen LogP contribution in [-0.4, -0.2) is 44.8 Å². The summed E-state index contributed by atoms with van der Waals surface area (Å²) < 4.78 is 39.9. The summed E-state index contributed by atoms with van der Waals surface area (Å²) in [5, 5.41) is 2.56. The summed E-state index contributed by atoms with van der Waals surface area (Å²) in [4.78, 5) is 25.8. The number of nitrogens with one attached hydrogen (secondary N) is 2. The minimum atomic E-state index is -3.74. The molecule has 2 rings (SSSR count). The number of hydrogen-bond acceptors (Lipinski definition) is 4. The normalized spacial score (nSPS) is 11.3. The van der Waals surface area contributed by atoms with Gasteiger partial charge in [0.05, 0.1) is 11.4 Å². The van der Waals surface area contributed by atoms with Crippen LogP contribution in [0.25, 0.3) is 0 Å². The van der Waals surface area contributed by atoms with Crippen molar-refractivity contribution in [2.24, 2.45) is 0 Å². The maximum Gasteiger partial charge on any atom is 0.254 e. The third-order valence-electron chi connectivity index (χ3n) is 3.64. The van der Waals surface area contributed by atoms with Gasteiger partial charge in [-0.15, -0.1) is 0 Å². The standard InChI is InChI=1S/C19H22FN3O4S/c1-13(2)22-28(26,27)17-6-4-5-14(11-17)19(25)23(3)12-18(24)21-16-9-7-15(20)8-10-16/h4-11,13,22H,12H2,1-3H3,(H,21,24). The highest BCUT2D eigenvalue weighted by atomic mass is 32.2. The van der Waals surface area contributed by atoms with Gasteiger partial charge in [0.1, 0.15) is 5.82 Å². The zero-order chi connectivity index (χ0) is 20.9. The molecule has 0 saturated heterocycles. The number of anilines is 1. The van der Waals surface area contributed by atoms with E-state index in [2.05, 4.69) is 10.0 Å². The van der Waals surface area contributed by atoms with Crippen molar-refractivity contribution in [1.29, 1.82) is 0 Å².